The summed E-state index contributed by atoms with van der Waals surface area (Å²) in [6, 6.07) is 12.9. The van der Waals surface area contributed by atoms with Crippen molar-refractivity contribution in [2.75, 3.05) is 21.2 Å². The Kier molecular flexibility index (Phi) is 5.68. The van der Waals surface area contributed by atoms with E-state index in [1.807, 2.05) is 24.5 Å². The minimum atomic E-state index is -0.0646. The van der Waals surface area contributed by atoms with Gasteiger partial charge in [-0.2, -0.15) is 0 Å². The zero-order valence-corrected chi connectivity index (χ0v) is 20.1. The molecule has 32 heavy (non-hydrogen) atoms. The lowest BCUT2D eigenvalue weighted by atomic mass is 9.81. The van der Waals surface area contributed by atoms with Crippen molar-refractivity contribution in [3.8, 4) is 17.0 Å². The molecule has 1 aliphatic carbocycles. The van der Waals surface area contributed by atoms with Crippen LogP contribution >= 0.6 is 12.1 Å². The fourth-order valence-corrected chi connectivity index (χ4v) is 5.90. The average molecular weight is 450 g/mol. The Morgan fingerprint density at radius 3 is 2.62 bits per heavy atom. The van der Waals surface area contributed by atoms with Gasteiger partial charge in [-0.3, -0.25) is 9.52 Å². The molecule has 5 rings (SSSR count). The van der Waals surface area contributed by atoms with Crippen molar-refractivity contribution in [1.29, 1.82) is 0 Å². The van der Waals surface area contributed by atoms with E-state index in [1.165, 1.54) is 72.0 Å². The number of benzene rings is 2. The molecule has 0 spiro atoms. The third-order valence-corrected chi connectivity index (χ3v) is 7.63. The van der Waals surface area contributed by atoms with Crippen molar-refractivity contribution >= 4 is 28.9 Å². The predicted molar refractivity (Wildman–Crippen MR) is 132 cm³/mol. The molecular formula is C26H31N3O2S. The molecule has 1 aromatic heterocycles. The van der Waals surface area contributed by atoms with Gasteiger partial charge < -0.3 is 9.30 Å². The van der Waals surface area contributed by atoms with Crippen molar-refractivity contribution < 1.29 is 9.53 Å². The fourth-order valence-electron chi connectivity index (χ4n) is 5.52. The van der Waals surface area contributed by atoms with Crippen molar-refractivity contribution in [3.05, 3.63) is 53.1 Å². The number of ether oxygens (including phenoxy) is 1. The SMILES string of the molecule is COc1ccc2c(c1)C(C)n1c-2c(C2CCCCC2)c2ccc(C(=O)NSN(C)C)cc21. The van der Waals surface area contributed by atoms with Gasteiger partial charge in [0, 0.05) is 28.6 Å². The molecule has 0 bridgehead atoms. The fraction of sp³-hybridized carbons (Fsp3) is 0.423. The number of carbonyl (C=O) groups is 1. The molecule has 2 heterocycles. The molecule has 0 saturated heterocycles. The van der Waals surface area contributed by atoms with Crippen molar-refractivity contribution in [3.63, 3.8) is 0 Å². The number of hydrogen-bond donors (Lipinski definition) is 1. The summed E-state index contributed by atoms with van der Waals surface area (Å²) >= 11 is 1.30. The topological polar surface area (TPSA) is 46.5 Å². The largest absolute Gasteiger partial charge is 0.497 e. The van der Waals surface area contributed by atoms with Gasteiger partial charge in [-0.25, -0.2) is 4.31 Å². The highest BCUT2D eigenvalue weighted by atomic mass is 32.2. The highest BCUT2D eigenvalue weighted by Gasteiger charge is 2.34. The van der Waals surface area contributed by atoms with Gasteiger partial charge in [0.1, 0.15) is 5.75 Å². The monoisotopic (exact) mass is 449 g/mol. The summed E-state index contributed by atoms with van der Waals surface area (Å²) in [4.78, 5) is 12.8. The molecule has 2 aliphatic rings. The highest BCUT2D eigenvalue weighted by Crippen LogP contribution is 2.51. The zero-order valence-electron chi connectivity index (χ0n) is 19.3. The second kappa shape index (κ2) is 8.49. The summed E-state index contributed by atoms with van der Waals surface area (Å²) in [5.41, 5.74) is 7.29. The number of aromatic nitrogens is 1. The molecule has 1 fully saturated rings. The highest BCUT2D eigenvalue weighted by molar-refractivity contribution is 7.95. The Bertz CT molecular complexity index is 1180. The molecule has 2 aromatic carbocycles. The Morgan fingerprint density at radius 2 is 1.91 bits per heavy atom. The summed E-state index contributed by atoms with van der Waals surface area (Å²) in [6.07, 6.45) is 6.41. The second-order valence-corrected chi connectivity index (χ2v) is 10.3. The average Bonchev–Trinajstić information content (AvgIpc) is 3.30. The summed E-state index contributed by atoms with van der Waals surface area (Å²) in [7, 11) is 5.55. The Morgan fingerprint density at radius 1 is 1.12 bits per heavy atom. The lowest BCUT2D eigenvalue weighted by molar-refractivity contribution is 0.0983. The summed E-state index contributed by atoms with van der Waals surface area (Å²) in [6.45, 7) is 2.26. The quantitative estimate of drug-likeness (QED) is 0.475. The van der Waals surface area contributed by atoms with Gasteiger partial charge in [0.15, 0.2) is 0 Å². The smallest absolute Gasteiger partial charge is 0.262 e. The number of fused-ring (bicyclic) bond motifs is 5. The van der Waals surface area contributed by atoms with Crippen LogP contribution in [0, 0.1) is 0 Å². The van der Waals surface area contributed by atoms with Crippen molar-refractivity contribution in [1.82, 2.24) is 13.6 Å². The van der Waals surface area contributed by atoms with E-state index in [4.69, 9.17) is 4.74 Å². The third-order valence-electron chi connectivity index (χ3n) is 6.99. The minimum absolute atomic E-state index is 0.0646. The lowest BCUT2D eigenvalue weighted by Gasteiger charge is -2.23. The normalized spacial score (nSPS) is 18.1. The van der Waals surface area contributed by atoms with E-state index in [1.54, 1.807) is 7.11 Å². The second-order valence-electron chi connectivity index (χ2n) is 9.16. The number of nitrogens with one attached hydrogen (secondary N) is 1. The van der Waals surface area contributed by atoms with E-state index in [9.17, 15) is 4.79 Å². The van der Waals surface area contributed by atoms with Crippen LogP contribution in [-0.2, 0) is 0 Å². The van der Waals surface area contributed by atoms with E-state index in [0.29, 0.717) is 11.5 Å². The molecular weight excluding hydrogens is 418 g/mol. The molecule has 1 amide bonds. The van der Waals surface area contributed by atoms with E-state index >= 15 is 0 Å². The van der Waals surface area contributed by atoms with Gasteiger partial charge in [-0.1, -0.05) is 25.3 Å². The number of rotatable bonds is 5. The molecule has 168 valence electrons. The number of amides is 1. The molecule has 1 unspecified atom stereocenters. The number of nitrogens with zero attached hydrogens (tertiary/aromatic N) is 2. The van der Waals surface area contributed by atoms with Crippen LogP contribution < -0.4 is 9.46 Å². The van der Waals surface area contributed by atoms with Gasteiger partial charge >= 0.3 is 0 Å². The Hall–Kier alpha value is -2.44. The number of hydrogen-bond acceptors (Lipinski definition) is 4. The van der Waals surface area contributed by atoms with Crippen LogP contribution in [0.5, 0.6) is 5.75 Å². The van der Waals surface area contributed by atoms with E-state index < -0.39 is 0 Å². The van der Waals surface area contributed by atoms with Gasteiger partial charge in [-0.15, -0.1) is 0 Å². The maximum atomic E-state index is 12.8. The molecule has 1 saturated carbocycles. The molecule has 1 N–H and O–H groups in total. The predicted octanol–water partition coefficient (Wildman–Crippen LogP) is 6.14. The third kappa shape index (κ3) is 3.50. The molecule has 3 aromatic rings. The maximum Gasteiger partial charge on any atom is 0.262 e. The first-order chi connectivity index (χ1) is 15.5. The van der Waals surface area contributed by atoms with Gasteiger partial charge in [-0.05, 0) is 81.2 Å². The van der Waals surface area contributed by atoms with Crippen LogP contribution in [0.25, 0.3) is 22.2 Å². The van der Waals surface area contributed by atoms with Gasteiger partial charge in [0.2, 0.25) is 0 Å². The Labute approximate surface area is 194 Å². The van der Waals surface area contributed by atoms with Crippen LogP contribution in [-0.4, -0.2) is 36.0 Å². The number of methoxy groups -OCH3 is 1. The van der Waals surface area contributed by atoms with E-state index in [-0.39, 0.29) is 11.9 Å². The minimum Gasteiger partial charge on any atom is -0.497 e. The van der Waals surface area contributed by atoms with Gasteiger partial charge in [0.05, 0.1) is 24.4 Å². The zero-order chi connectivity index (χ0) is 22.4. The summed E-state index contributed by atoms with van der Waals surface area (Å²) in [5.74, 6) is 1.41. The molecule has 0 radical (unpaired) electrons. The first-order valence-electron chi connectivity index (χ1n) is 11.5. The van der Waals surface area contributed by atoms with Crippen LogP contribution in [0.4, 0.5) is 0 Å². The van der Waals surface area contributed by atoms with Crippen LogP contribution in [0.2, 0.25) is 0 Å². The van der Waals surface area contributed by atoms with Crippen LogP contribution in [0.15, 0.2) is 36.4 Å². The summed E-state index contributed by atoms with van der Waals surface area (Å²) in [5, 5.41) is 1.30. The van der Waals surface area contributed by atoms with E-state index in [2.05, 4.69) is 46.5 Å². The lowest BCUT2D eigenvalue weighted by Crippen LogP contribution is -2.20. The molecule has 5 nitrogen and oxygen atoms in total. The molecule has 1 aliphatic heterocycles. The van der Waals surface area contributed by atoms with E-state index in [0.717, 1.165) is 11.3 Å². The van der Waals surface area contributed by atoms with Crippen molar-refractivity contribution in [2.24, 2.45) is 0 Å². The standard InChI is InChI=1S/C26H31N3O2S/c1-16-22-15-19(31-4)11-13-20(22)25-24(17-8-6-5-7-9-17)21-12-10-18(14-23(21)29(16)25)26(30)27-32-28(2)3/h10-17H,5-9H2,1-4H3,(H,27,30). The van der Waals surface area contributed by atoms with Crippen LogP contribution in [0.1, 0.15) is 72.5 Å². The first kappa shape index (κ1) is 21.4. The van der Waals surface area contributed by atoms with Crippen LogP contribution in [0.3, 0.4) is 0 Å². The van der Waals surface area contributed by atoms with Gasteiger partial charge in [0.25, 0.3) is 5.91 Å². The molecule has 1 atom stereocenters. The molecule has 6 heteroatoms. The first-order valence-corrected chi connectivity index (χ1v) is 12.3. The number of carbonyl (C=O) groups excluding carboxylic acids is 1. The van der Waals surface area contributed by atoms with Crippen molar-refractivity contribution in [2.45, 2.75) is 51.0 Å². The Balaban J connectivity index is 1.68. The maximum absolute atomic E-state index is 12.8. The summed E-state index contributed by atoms with van der Waals surface area (Å²) < 4.78 is 12.8.